The van der Waals surface area contributed by atoms with Crippen molar-refractivity contribution in [2.75, 3.05) is 19.6 Å². The first-order valence-corrected chi connectivity index (χ1v) is 7.30. The lowest BCUT2D eigenvalue weighted by atomic mass is 10.2. The van der Waals surface area contributed by atoms with Gasteiger partial charge in [-0.05, 0) is 56.6 Å². The van der Waals surface area contributed by atoms with E-state index in [4.69, 9.17) is 23.2 Å². The smallest absolute Gasteiger partial charge is 0.0424 e. The monoisotopic (exact) mass is 286 g/mol. The molecule has 1 aliphatic rings. The average molecular weight is 287 g/mol. The van der Waals surface area contributed by atoms with Crippen molar-refractivity contribution in [1.29, 1.82) is 0 Å². The summed E-state index contributed by atoms with van der Waals surface area (Å²) >= 11 is 11.9. The SMILES string of the molecule is CC(CNCc1cc(Cl)cc(Cl)c1)N1CCCC1. The van der Waals surface area contributed by atoms with Gasteiger partial charge in [0.05, 0.1) is 0 Å². The van der Waals surface area contributed by atoms with Gasteiger partial charge < -0.3 is 5.32 Å². The zero-order chi connectivity index (χ0) is 13.0. The van der Waals surface area contributed by atoms with Crippen molar-refractivity contribution >= 4 is 23.2 Å². The number of nitrogens with one attached hydrogen (secondary N) is 1. The van der Waals surface area contributed by atoms with Crippen molar-refractivity contribution in [3.63, 3.8) is 0 Å². The standard InChI is InChI=1S/C14H20Cl2N2/c1-11(18-4-2-3-5-18)9-17-10-12-6-13(15)8-14(16)7-12/h6-8,11,17H,2-5,9-10H2,1H3. The lowest BCUT2D eigenvalue weighted by Crippen LogP contribution is -2.38. The fraction of sp³-hybridized carbons (Fsp3) is 0.571. The highest BCUT2D eigenvalue weighted by atomic mass is 35.5. The van der Waals surface area contributed by atoms with Crippen LogP contribution in [-0.2, 0) is 6.54 Å². The highest BCUT2D eigenvalue weighted by molar-refractivity contribution is 6.34. The molecule has 0 radical (unpaired) electrons. The van der Waals surface area contributed by atoms with Crippen LogP contribution in [0.3, 0.4) is 0 Å². The van der Waals surface area contributed by atoms with Gasteiger partial charge in [0.25, 0.3) is 0 Å². The molecule has 100 valence electrons. The van der Waals surface area contributed by atoms with E-state index >= 15 is 0 Å². The third-order valence-corrected chi connectivity index (χ3v) is 3.89. The van der Waals surface area contributed by atoms with E-state index in [2.05, 4.69) is 17.1 Å². The van der Waals surface area contributed by atoms with Crippen molar-refractivity contribution in [3.8, 4) is 0 Å². The van der Waals surface area contributed by atoms with Crippen LogP contribution in [0.25, 0.3) is 0 Å². The molecular formula is C14H20Cl2N2. The van der Waals surface area contributed by atoms with Crippen molar-refractivity contribution in [1.82, 2.24) is 10.2 Å². The number of hydrogen-bond acceptors (Lipinski definition) is 2. The molecule has 1 saturated heterocycles. The number of nitrogens with zero attached hydrogens (tertiary/aromatic N) is 1. The Morgan fingerprint density at radius 3 is 2.39 bits per heavy atom. The van der Waals surface area contributed by atoms with Crippen LogP contribution in [0.2, 0.25) is 10.0 Å². The van der Waals surface area contributed by atoms with Crippen LogP contribution >= 0.6 is 23.2 Å². The lowest BCUT2D eigenvalue weighted by molar-refractivity contribution is 0.251. The molecule has 18 heavy (non-hydrogen) atoms. The van der Waals surface area contributed by atoms with Gasteiger partial charge in [0.1, 0.15) is 0 Å². The summed E-state index contributed by atoms with van der Waals surface area (Å²) in [7, 11) is 0. The maximum Gasteiger partial charge on any atom is 0.0424 e. The van der Waals surface area contributed by atoms with Crippen molar-refractivity contribution in [2.45, 2.75) is 32.4 Å². The largest absolute Gasteiger partial charge is 0.311 e. The van der Waals surface area contributed by atoms with E-state index in [0.717, 1.165) is 18.7 Å². The maximum absolute atomic E-state index is 5.97. The molecule has 0 aliphatic carbocycles. The summed E-state index contributed by atoms with van der Waals surface area (Å²) in [5.41, 5.74) is 1.14. The van der Waals surface area contributed by atoms with Crippen LogP contribution in [-0.4, -0.2) is 30.6 Å². The maximum atomic E-state index is 5.97. The summed E-state index contributed by atoms with van der Waals surface area (Å²) in [5, 5.41) is 4.88. The van der Waals surface area contributed by atoms with Gasteiger partial charge in [0.15, 0.2) is 0 Å². The zero-order valence-corrected chi connectivity index (χ0v) is 12.3. The van der Waals surface area contributed by atoms with E-state index in [1.54, 1.807) is 6.07 Å². The van der Waals surface area contributed by atoms with Crippen LogP contribution in [0.5, 0.6) is 0 Å². The minimum atomic E-state index is 0.599. The Kier molecular flexibility index (Phi) is 5.31. The molecule has 4 heteroatoms. The normalized spacial score (nSPS) is 18.2. The minimum absolute atomic E-state index is 0.599. The molecule has 2 rings (SSSR count). The fourth-order valence-electron chi connectivity index (χ4n) is 2.45. The van der Waals surface area contributed by atoms with Crippen molar-refractivity contribution in [3.05, 3.63) is 33.8 Å². The first-order valence-electron chi connectivity index (χ1n) is 6.55. The Morgan fingerprint density at radius 2 is 1.78 bits per heavy atom. The second-order valence-electron chi connectivity index (χ2n) is 5.00. The molecule has 1 unspecified atom stereocenters. The van der Waals surface area contributed by atoms with E-state index in [1.165, 1.54) is 25.9 Å². The molecule has 1 N–H and O–H groups in total. The molecule has 1 atom stereocenters. The Bertz CT molecular complexity index is 369. The van der Waals surface area contributed by atoms with Gasteiger partial charge in [0.2, 0.25) is 0 Å². The van der Waals surface area contributed by atoms with Gasteiger partial charge in [-0.3, -0.25) is 4.90 Å². The van der Waals surface area contributed by atoms with Crippen molar-refractivity contribution < 1.29 is 0 Å². The second-order valence-corrected chi connectivity index (χ2v) is 5.87. The predicted octanol–water partition coefficient (Wildman–Crippen LogP) is 3.57. The number of halogens is 2. The summed E-state index contributed by atoms with van der Waals surface area (Å²) < 4.78 is 0. The minimum Gasteiger partial charge on any atom is -0.311 e. The zero-order valence-electron chi connectivity index (χ0n) is 10.8. The van der Waals surface area contributed by atoms with Crippen LogP contribution in [0.4, 0.5) is 0 Å². The fourth-order valence-corrected chi connectivity index (χ4v) is 3.02. The predicted molar refractivity (Wildman–Crippen MR) is 78.4 cm³/mol. The first kappa shape index (κ1) is 14.1. The molecule has 1 aliphatic heterocycles. The Balaban J connectivity index is 1.77. The number of rotatable bonds is 5. The Morgan fingerprint density at radius 1 is 1.17 bits per heavy atom. The number of benzene rings is 1. The topological polar surface area (TPSA) is 15.3 Å². The molecule has 1 fully saturated rings. The third kappa shape index (κ3) is 4.13. The first-order chi connectivity index (χ1) is 8.65. The van der Waals surface area contributed by atoms with Gasteiger partial charge in [-0.15, -0.1) is 0 Å². The summed E-state index contributed by atoms with van der Waals surface area (Å²) in [4.78, 5) is 2.54. The van der Waals surface area contributed by atoms with E-state index < -0.39 is 0 Å². The van der Waals surface area contributed by atoms with Gasteiger partial charge >= 0.3 is 0 Å². The van der Waals surface area contributed by atoms with Crippen LogP contribution < -0.4 is 5.32 Å². The molecule has 0 amide bonds. The average Bonchev–Trinajstić information content (AvgIpc) is 2.80. The van der Waals surface area contributed by atoms with E-state index in [9.17, 15) is 0 Å². The molecule has 0 aromatic heterocycles. The Labute approximate surface area is 119 Å². The van der Waals surface area contributed by atoms with Gasteiger partial charge in [0, 0.05) is 29.2 Å². The second kappa shape index (κ2) is 6.76. The van der Waals surface area contributed by atoms with E-state index in [1.807, 2.05) is 12.1 Å². The third-order valence-electron chi connectivity index (χ3n) is 3.46. The highest BCUT2D eigenvalue weighted by Gasteiger charge is 2.17. The van der Waals surface area contributed by atoms with E-state index in [-0.39, 0.29) is 0 Å². The Hall–Kier alpha value is -0.280. The van der Waals surface area contributed by atoms with E-state index in [0.29, 0.717) is 16.1 Å². The van der Waals surface area contributed by atoms with Crippen molar-refractivity contribution in [2.24, 2.45) is 0 Å². The molecule has 0 spiro atoms. The molecule has 1 aromatic carbocycles. The quantitative estimate of drug-likeness (QED) is 0.890. The molecule has 0 saturated carbocycles. The summed E-state index contributed by atoms with van der Waals surface area (Å²) in [6, 6.07) is 6.28. The molecule has 1 heterocycles. The van der Waals surface area contributed by atoms with Gasteiger partial charge in [-0.1, -0.05) is 23.2 Å². The molecule has 2 nitrogen and oxygen atoms in total. The van der Waals surface area contributed by atoms with Gasteiger partial charge in [-0.25, -0.2) is 0 Å². The van der Waals surface area contributed by atoms with Crippen LogP contribution in [0, 0.1) is 0 Å². The molecular weight excluding hydrogens is 267 g/mol. The van der Waals surface area contributed by atoms with Crippen LogP contribution in [0.1, 0.15) is 25.3 Å². The summed E-state index contributed by atoms with van der Waals surface area (Å²) in [6.45, 7) is 6.59. The molecule has 0 bridgehead atoms. The number of hydrogen-bond donors (Lipinski definition) is 1. The van der Waals surface area contributed by atoms with Crippen LogP contribution in [0.15, 0.2) is 18.2 Å². The summed E-state index contributed by atoms with van der Waals surface area (Å²) in [5.74, 6) is 0. The van der Waals surface area contributed by atoms with Gasteiger partial charge in [-0.2, -0.15) is 0 Å². The number of likely N-dealkylation sites (tertiary alicyclic amines) is 1. The lowest BCUT2D eigenvalue weighted by Gasteiger charge is -2.24. The highest BCUT2D eigenvalue weighted by Crippen LogP contribution is 2.19. The molecule has 1 aromatic rings. The summed E-state index contributed by atoms with van der Waals surface area (Å²) in [6.07, 6.45) is 2.68.